The molecule has 0 unspecified atom stereocenters. The molecule has 3 aromatic rings. The molecule has 2 aromatic carbocycles. The van der Waals surface area contributed by atoms with E-state index in [4.69, 9.17) is 9.47 Å². The van der Waals surface area contributed by atoms with Gasteiger partial charge in [-0.3, -0.25) is 9.59 Å². The number of carbonyl (C=O) groups excluding carboxylic acids is 2. The molecule has 174 valence electrons. The summed E-state index contributed by atoms with van der Waals surface area (Å²) in [6.07, 6.45) is 3.46. The first-order valence-corrected chi connectivity index (χ1v) is 10.9. The Morgan fingerprint density at radius 1 is 1.18 bits per heavy atom. The molecule has 0 bridgehead atoms. The standard InChI is InChI=1S/C23H25FN4O4S/c1-14(2)26-21(29)13-32-18-7-5-15(11-19(18)31-4)22(30)27-17-12-16(24)6-8-20(17)33-23-25-9-10-28(23)3/h5-12,14H,13H2,1-4H3,(H,26,29)(H,27,30). The van der Waals surface area contributed by atoms with Crippen molar-refractivity contribution in [2.45, 2.75) is 29.9 Å². The number of nitrogens with zero attached hydrogens (tertiary/aromatic N) is 2. The van der Waals surface area contributed by atoms with Crippen LogP contribution in [0.2, 0.25) is 0 Å². The fraction of sp³-hybridized carbons (Fsp3) is 0.261. The van der Waals surface area contributed by atoms with Crippen molar-refractivity contribution in [3.05, 3.63) is 60.2 Å². The average molecular weight is 473 g/mol. The Morgan fingerprint density at radius 2 is 1.97 bits per heavy atom. The molecule has 0 spiro atoms. The highest BCUT2D eigenvalue weighted by Crippen LogP contribution is 2.34. The largest absolute Gasteiger partial charge is 0.493 e. The molecular formula is C23H25FN4O4S. The molecule has 33 heavy (non-hydrogen) atoms. The highest BCUT2D eigenvalue weighted by atomic mass is 32.2. The van der Waals surface area contributed by atoms with Crippen molar-refractivity contribution >= 4 is 29.3 Å². The minimum Gasteiger partial charge on any atom is -0.493 e. The van der Waals surface area contributed by atoms with Crippen LogP contribution in [0, 0.1) is 5.82 Å². The van der Waals surface area contributed by atoms with Crippen molar-refractivity contribution in [3.8, 4) is 11.5 Å². The van der Waals surface area contributed by atoms with Gasteiger partial charge in [-0.2, -0.15) is 0 Å². The van der Waals surface area contributed by atoms with E-state index in [0.717, 1.165) is 0 Å². The molecule has 0 radical (unpaired) electrons. The number of halogens is 1. The second-order valence-corrected chi connectivity index (χ2v) is 8.40. The third-order valence-electron chi connectivity index (χ3n) is 4.40. The number of anilines is 1. The van der Waals surface area contributed by atoms with Gasteiger partial charge in [-0.25, -0.2) is 9.37 Å². The molecule has 0 aliphatic heterocycles. The van der Waals surface area contributed by atoms with E-state index in [0.29, 0.717) is 27.2 Å². The molecule has 0 saturated carbocycles. The number of aryl methyl sites for hydroxylation is 1. The van der Waals surface area contributed by atoms with Crippen LogP contribution in [-0.4, -0.2) is 41.1 Å². The summed E-state index contributed by atoms with van der Waals surface area (Å²) in [6.45, 7) is 3.52. The summed E-state index contributed by atoms with van der Waals surface area (Å²) < 4.78 is 26.6. The van der Waals surface area contributed by atoms with Crippen LogP contribution in [0.15, 0.2) is 58.8 Å². The second-order valence-electron chi connectivity index (χ2n) is 7.39. The van der Waals surface area contributed by atoms with Gasteiger partial charge in [-0.05, 0) is 62.0 Å². The van der Waals surface area contributed by atoms with Gasteiger partial charge in [-0.1, -0.05) is 0 Å². The number of ether oxygens (including phenoxy) is 2. The first-order valence-electron chi connectivity index (χ1n) is 10.1. The minimum atomic E-state index is -0.476. The van der Waals surface area contributed by atoms with E-state index in [1.54, 1.807) is 30.6 Å². The van der Waals surface area contributed by atoms with Gasteiger partial charge in [0, 0.05) is 35.9 Å². The number of aromatic nitrogens is 2. The molecular weight excluding hydrogens is 447 g/mol. The quantitative estimate of drug-likeness (QED) is 0.491. The predicted octanol–water partition coefficient (Wildman–Crippen LogP) is 3.87. The van der Waals surface area contributed by atoms with Crippen LogP contribution in [0.25, 0.3) is 0 Å². The molecule has 2 N–H and O–H groups in total. The fourth-order valence-corrected chi connectivity index (χ4v) is 3.74. The van der Waals surface area contributed by atoms with Crippen molar-refractivity contribution in [1.29, 1.82) is 0 Å². The number of hydrogen-bond acceptors (Lipinski definition) is 6. The summed E-state index contributed by atoms with van der Waals surface area (Å²) in [7, 11) is 3.28. The van der Waals surface area contributed by atoms with Gasteiger partial charge in [0.2, 0.25) is 0 Å². The lowest BCUT2D eigenvalue weighted by atomic mass is 10.1. The van der Waals surface area contributed by atoms with E-state index in [1.807, 2.05) is 25.5 Å². The number of rotatable bonds is 9. The number of hydrogen-bond donors (Lipinski definition) is 2. The zero-order valence-corrected chi connectivity index (χ0v) is 19.5. The SMILES string of the molecule is COc1cc(C(=O)Nc2cc(F)ccc2Sc2nccn2C)ccc1OCC(=O)NC(C)C. The summed E-state index contributed by atoms with van der Waals surface area (Å²) in [5.41, 5.74) is 0.598. The first-order chi connectivity index (χ1) is 15.8. The molecule has 3 rings (SSSR count). The van der Waals surface area contributed by atoms with Crippen LogP contribution in [0.1, 0.15) is 24.2 Å². The number of imidazole rings is 1. The Bertz CT molecular complexity index is 1150. The van der Waals surface area contributed by atoms with Crippen LogP contribution >= 0.6 is 11.8 Å². The lowest BCUT2D eigenvalue weighted by molar-refractivity contribution is -0.123. The Kier molecular flexibility index (Phi) is 7.94. The van der Waals surface area contributed by atoms with Crippen molar-refractivity contribution in [3.63, 3.8) is 0 Å². The molecule has 0 saturated heterocycles. The van der Waals surface area contributed by atoms with Crippen molar-refractivity contribution in [2.75, 3.05) is 19.0 Å². The summed E-state index contributed by atoms with van der Waals surface area (Å²) in [5.74, 6) is -0.579. The van der Waals surface area contributed by atoms with Crippen molar-refractivity contribution in [1.82, 2.24) is 14.9 Å². The molecule has 0 aliphatic carbocycles. The highest BCUT2D eigenvalue weighted by molar-refractivity contribution is 7.99. The lowest BCUT2D eigenvalue weighted by Gasteiger charge is -2.14. The average Bonchev–Trinajstić information content (AvgIpc) is 3.17. The van der Waals surface area contributed by atoms with Crippen molar-refractivity contribution in [2.24, 2.45) is 7.05 Å². The Balaban J connectivity index is 1.76. The maximum Gasteiger partial charge on any atom is 0.258 e. The molecule has 2 amide bonds. The lowest BCUT2D eigenvalue weighted by Crippen LogP contribution is -2.34. The van der Waals surface area contributed by atoms with Gasteiger partial charge >= 0.3 is 0 Å². The third-order valence-corrected chi connectivity index (χ3v) is 5.55. The summed E-state index contributed by atoms with van der Waals surface area (Å²) in [5, 5.41) is 6.17. The van der Waals surface area contributed by atoms with Gasteiger partial charge in [0.1, 0.15) is 5.82 Å². The molecule has 0 fully saturated rings. The molecule has 1 heterocycles. The number of amides is 2. The smallest absolute Gasteiger partial charge is 0.258 e. The summed E-state index contributed by atoms with van der Waals surface area (Å²) in [4.78, 5) is 29.6. The van der Waals surface area contributed by atoms with E-state index in [9.17, 15) is 14.0 Å². The van der Waals surface area contributed by atoms with E-state index in [-0.39, 0.29) is 24.1 Å². The normalized spacial score (nSPS) is 10.7. The van der Waals surface area contributed by atoms with E-state index >= 15 is 0 Å². The summed E-state index contributed by atoms with van der Waals surface area (Å²) in [6, 6.07) is 8.75. The summed E-state index contributed by atoms with van der Waals surface area (Å²) >= 11 is 1.30. The van der Waals surface area contributed by atoms with E-state index in [2.05, 4.69) is 15.6 Å². The topological polar surface area (TPSA) is 94.5 Å². The second kappa shape index (κ2) is 10.9. The Labute approximate surface area is 195 Å². The Hall–Kier alpha value is -3.53. The molecule has 0 aliphatic rings. The Morgan fingerprint density at radius 3 is 2.64 bits per heavy atom. The van der Waals surface area contributed by atoms with Gasteiger partial charge in [0.25, 0.3) is 11.8 Å². The van der Waals surface area contributed by atoms with Crippen molar-refractivity contribution < 1.29 is 23.5 Å². The third kappa shape index (κ3) is 6.48. The zero-order chi connectivity index (χ0) is 24.0. The molecule has 8 nitrogen and oxygen atoms in total. The molecule has 1 aromatic heterocycles. The van der Waals surface area contributed by atoms with E-state index in [1.165, 1.54) is 37.1 Å². The van der Waals surface area contributed by atoms with Crippen LogP contribution in [0.4, 0.5) is 10.1 Å². The van der Waals surface area contributed by atoms with Crippen LogP contribution in [0.5, 0.6) is 11.5 Å². The predicted molar refractivity (Wildman–Crippen MR) is 123 cm³/mol. The number of carbonyl (C=O) groups is 2. The molecule has 10 heteroatoms. The van der Waals surface area contributed by atoms with Gasteiger partial charge < -0.3 is 24.7 Å². The first kappa shape index (κ1) is 24.1. The van der Waals surface area contributed by atoms with E-state index < -0.39 is 11.7 Å². The fourth-order valence-electron chi connectivity index (χ4n) is 2.87. The zero-order valence-electron chi connectivity index (χ0n) is 18.7. The van der Waals surface area contributed by atoms with Crippen LogP contribution < -0.4 is 20.1 Å². The van der Waals surface area contributed by atoms with Crippen LogP contribution in [0.3, 0.4) is 0 Å². The number of methoxy groups -OCH3 is 1. The van der Waals surface area contributed by atoms with Crippen LogP contribution in [-0.2, 0) is 11.8 Å². The maximum atomic E-state index is 13.9. The number of nitrogens with one attached hydrogen (secondary N) is 2. The minimum absolute atomic E-state index is 0.00246. The van der Waals surface area contributed by atoms with Gasteiger partial charge in [0.05, 0.1) is 12.8 Å². The highest BCUT2D eigenvalue weighted by Gasteiger charge is 2.16. The maximum absolute atomic E-state index is 13.9. The molecule has 0 atom stereocenters. The monoisotopic (exact) mass is 472 g/mol. The number of benzene rings is 2. The van der Waals surface area contributed by atoms with Gasteiger partial charge in [-0.15, -0.1) is 0 Å². The van der Waals surface area contributed by atoms with Gasteiger partial charge in [0.15, 0.2) is 23.3 Å².